The van der Waals surface area contributed by atoms with Crippen LogP contribution < -0.4 is 0 Å². The van der Waals surface area contributed by atoms with Crippen molar-refractivity contribution in [2.45, 2.75) is 31.3 Å². The van der Waals surface area contributed by atoms with E-state index in [0.29, 0.717) is 11.5 Å². The molecule has 0 unspecified atom stereocenters. The van der Waals surface area contributed by atoms with Crippen LogP contribution in [-0.2, 0) is 22.3 Å². The normalized spacial score (nSPS) is 15.8. The van der Waals surface area contributed by atoms with E-state index in [1.807, 2.05) is 41.5 Å². The summed E-state index contributed by atoms with van der Waals surface area (Å²) in [6.07, 6.45) is 2.19. The zero-order valence-electron chi connectivity index (χ0n) is 13.2. The predicted molar refractivity (Wildman–Crippen MR) is 94.0 cm³/mol. The molecule has 1 amide bonds. The Labute approximate surface area is 143 Å². The lowest BCUT2D eigenvalue weighted by Gasteiger charge is -2.15. The summed E-state index contributed by atoms with van der Waals surface area (Å²) >= 11 is 1.58. The number of rotatable bonds is 5. The van der Waals surface area contributed by atoms with E-state index in [-0.39, 0.29) is 5.91 Å². The Hall–Kier alpha value is -1.53. The summed E-state index contributed by atoms with van der Waals surface area (Å²) in [7, 11) is -0.979. The monoisotopic (exact) mass is 348 g/mol. The molecule has 122 valence electrons. The molecule has 0 aliphatic carbocycles. The van der Waals surface area contributed by atoms with E-state index in [1.54, 1.807) is 11.3 Å². The summed E-state index contributed by atoms with van der Waals surface area (Å²) in [6.45, 7) is 3.67. The van der Waals surface area contributed by atoms with Gasteiger partial charge in [0.05, 0.1) is 16.5 Å². The zero-order chi connectivity index (χ0) is 16.2. The maximum atomic E-state index is 12.3. The van der Waals surface area contributed by atoms with Gasteiger partial charge in [0.1, 0.15) is 0 Å². The molecule has 0 radical (unpaired) electrons. The van der Waals surface area contributed by atoms with Crippen molar-refractivity contribution in [3.8, 4) is 0 Å². The number of thiazole rings is 1. The van der Waals surface area contributed by atoms with E-state index < -0.39 is 10.8 Å². The van der Waals surface area contributed by atoms with Crippen molar-refractivity contribution >= 4 is 28.0 Å². The highest BCUT2D eigenvalue weighted by atomic mass is 32.2. The van der Waals surface area contributed by atoms with Crippen molar-refractivity contribution in [3.63, 3.8) is 0 Å². The molecule has 2 aromatic rings. The molecule has 1 fully saturated rings. The number of amides is 1. The SMILES string of the molecule is Cc1nc(C[S@@](=O)Cc2ccc(C(=O)N3CCCC3)cc2)cs1. The minimum Gasteiger partial charge on any atom is -0.339 e. The molecule has 0 N–H and O–H groups in total. The molecular weight excluding hydrogens is 328 g/mol. The Kier molecular flexibility index (Phi) is 5.23. The lowest BCUT2D eigenvalue weighted by molar-refractivity contribution is 0.0793. The van der Waals surface area contributed by atoms with E-state index in [2.05, 4.69) is 4.98 Å². The van der Waals surface area contributed by atoms with Gasteiger partial charge < -0.3 is 4.90 Å². The summed E-state index contributed by atoms with van der Waals surface area (Å²) in [6, 6.07) is 7.52. The van der Waals surface area contributed by atoms with Crippen LogP contribution in [-0.4, -0.2) is 33.1 Å². The molecule has 4 nitrogen and oxygen atoms in total. The molecule has 3 rings (SSSR count). The first-order valence-corrected chi connectivity index (χ1v) is 10.1. The molecule has 1 aliphatic heterocycles. The quantitative estimate of drug-likeness (QED) is 0.834. The lowest BCUT2D eigenvalue weighted by atomic mass is 10.1. The van der Waals surface area contributed by atoms with E-state index in [1.165, 1.54) is 0 Å². The number of aryl methyl sites for hydroxylation is 1. The van der Waals surface area contributed by atoms with Crippen LogP contribution in [0.2, 0.25) is 0 Å². The van der Waals surface area contributed by atoms with Crippen LogP contribution in [0.3, 0.4) is 0 Å². The Morgan fingerprint density at radius 2 is 1.91 bits per heavy atom. The Bertz CT molecular complexity index is 704. The van der Waals surface area contributed by atoms with Crippen molar-refractivity contribution in [2.24, 2.45) is 0 Å². The Morgan fingerprint density at radius 1 is 1.22 bits per heavy atom. The van der Waals surface area contributed by atoms with Crippen LogP contribution in [0.15, 0.2) is 29.6 Å². The van der Waals surface area contributed by atoms with Crippen molar-refractivity contribution in [1.82, 2.24) is 9.88 Å². The van der Waals surface area contributed by atoms with Crippen molar-refractivity contribution in [2.75, 3.05) is 13.1 Å². The number of likely N-dealkylation sites (tertiary alicyclic amines) is 1. The maximum absolute atomic E-state index is 12.3. The number of nitrogens with zero attached hydrogens (tertiary/aromatic N) is 2. The number of benzene rings is 1. The van der Waals surface area contributed by atoms with Gasteiger partial charge in [-0.1, -0.05) is 12.1 Å². The van der Waals surface area contributed by atoms with Gasteiger partial charge in [-0.15, -0.1) is 11.3 Å². The van der Waals surface area contributed by atoms with Crippen LogP contribution in [0.4, 0.5) is 0 Å². The van der Waals surface area contributed by atoms with Crippen LogP contribution in [0.1, 0.15) is 39.5 Å². The molecule has 0 saturated carbocycles. The second kappa shape index (κ2) is 7.36. The van der Waals surface area contributed by atoms with Gasteiger partial charge in [-0.05, 0) is 37.5 Å². The number of carbonyl (C=O) groups is 1. The summed E-state index contributed by atoms with van der Waals surface area (Å²) in [5.74, 6) is 1.08. The van der Waals surface area contributed by atoms with E-state index in [9.17, 15) is 9.00 Å². The fraction of sp³-hybridized carbons (Fsp3) is 0.412. The van der Waals surface area contributed by atoms with Crippen molar-refractivity contribution in [3.05, 3.63) is 51.5 Å². The molecule has 1 aliphatic rings. The Morgan fingerprint density at radius 3 is 2.52 bits per heavy atom. The topological polar surface area (TPSA) is 50.3 Å². The van der Waals surface area contributed by atoms with Gasteiger partial charge in [-0.25, -0.2) is 4.98 Å². The largest absolute Gasteiger partial charge is 0.339 e. The molecule has 0 spiro atoms. The fourth-order valence-corrected chi connectivity index (χ4v) is 4.58. The average molecular weight is 348 g/mol. The average Bonchev–Trinajstić information content (AvgIpc) is 3.19. The van der Waals surface area contributed by atoms with Gasteiger partial charge in [-0.3, -0.25) is 9.00 Å². The third-order valence-corrected chi connectivity index (χ3v) is 5.99. The van der Waals surface area contributed by atoms with E-state index in [4.69, 9.17) is 0 Å². The molecule has 1 atom stereocenters. The number of carbonyl (C=O) groups excluding carboxylic acids is 1. The minimum atomic E-state index is -0.979. The maximum Gasteiger partial charge on any atom is 0.253 e. The first-order chi connectivity index (χ1) is 11.1. The Balaban J connectivity index is 1.58. The third kappa shape index (κ3) is 4.26. The summed E-state index contributed by atoms with van der Waals surface area (Å²) in [4.78, 5) is 18.5. The van der Waals surface area contributed by atoms with Crippen molar-refractivity contribution < 1.29 is 9.00 Å². The van der Waals surface area contributed by atoms with Crippen molar-refractivity contribution in [1.29, 1.82) is 0 Å². The lowest BCUT2D eigenvalue weighted by Crippen LogP contribution is -2.27. The highest BCUT2D eigenvalue weighted by Gasteiger charge is 2.19. The second-order valence-electron chi connectivity index (χ2n) is 5.78. The van der Waals surface area contributed by atoms with Crippen LogP contribution in [0, 0.1) is 6.92 Å². The van der Waals surface area contributed by atoms with Gasteiger partial charge >= 0.3 is 0 Å². The van der Waals surface area contributed by atoms with Crippen LogP contribution in [0.25, 0.3) is 0 Å². The molecule has 1 aromatic carbocycles. The molecule has 23 heavy (non-hydrogen) atoms. The second-order valence-corrected chi connectivity index (χ2v) is 8.30. The summed E-state index contributed by atoms with van der Waals surface area (Å²) < 4.78 is 12.2. The minimum absolute atomic E-state index is 0.105. The highest BCUT2D eigenvalue weighted by Crippen LogP contribution is 2.16. The van der Waals surface area contributed by atoms with E-state index >= 15 is 0 Å². The standard InChI is InChI=1S/C17H20N2O2S2/c1-13-18-16(10-22-13)12-23(21)11-14-4-6-15(7-5-14)17(20)19-8-2-3-9-19/h4-7,10H,2-3,8-9,11-12H2,1H3/t23-/m0/s1. The molecule has 1 aromatic heterocycles. The smallest absolute Gasteiger partial charge is 0.253 e. The number of hydrogen-bond acceptors (Lipinski definition) is 4. The summed E-state index contributed by atoms with van der Waals surface area (Å²) in [5, 5.41) is 2.96. The van der Waals surface area contributed by atoms with Gasteiger partial charge in [0.2, 0.25) is 0 Å². The first-order valence-electron chi connectivity index (χ1n) is 7.76. The fourth-order valence-electron chi connectivity index (χ4n) is 2.72. The van der Waals surface area contributed by atoms with Crippen LogP contribution in [0.5, 0.6) is 0 Å². The first kappa shape index (κ1) is 16.3. The summed E-state index contributed by atoms with van der Waals surface area (Å²) in [5.41, 5.74) is 2.61. The molecule has 0 bridgehead atoms. The van der Waals surface area contributed by atoms with Gasteiger partial charge in [-0.2, -0.15) is 0 Å². The molecule has 6 heteroatoms. The van der Waals surface area contributed by atoms with Crippen LogP contribution >= 0.6 is 11.3 Å². The molecule has 2 heterocycles. The highest BCUT2D eigenvalue weighted by molar-refractivity contribution is 7.83. The molecule has 1 saturated heterocycles. The van der Waals surface area contributed by atoms with Gasteiger partial charge in [0.25, 0.3) is 5.91 Å². The predicted octanol–water partition coefficient (Wildman–Crippen LogP) is 3.14. The zero-order valence-corrected chi connectivity index (χ0v) is 14.8. The van der Waals surface area contributed by atoms with Gasteiger partial charge in [0, 0.05) is 40.6 Å². The number of aromatic nitrogens is 1. The van der Waals surface area contributed by atoms with Gasteiger partial charge in [0.15, 0.2) is 0 Å². The third-order valence-electron chi connectivity index (χ3n) is 3.90. The molecular formula is C17H20N2O2S2. The number of hydrogen-bond donors (Lipinski definition) is 0. The van der Waals surface area contributed by atoms with E-state index in [0.717, 1.165) is 47.8 Å².